The van der Waals surface area contributed by atoms with Gasteiger partial charge in [0.2, 0.25) is 5.91 Å². The number of methoxy groups -OCH3 is 1. The van der Waals surface area contributed by atoms with Gasteiger partial charge in [-0.05, 0) is 37.3 Å². The van der Waals surface area contributed by atoms with Gasteiger partial charge in [0.25, 0.3) is 0 Å². The number of rotatable bonds is 5. The van der Waals surface area contributed by atoms with Crippen molar-refractivity contribution >= 4 is 28.9 Å². The van der Waals surface area contributed by atoms with Gasteiger partial charge in [0.15, 0.2) is 11.6 Å². The average Bonchev–Trinajstić information content (AvgIpc) is 2.51. The molecule has 2 N–H and O–H groups in total. The maximum atomic E-state index is 13.1. The van der Waals surface area contributed by atoms with E-state index in [0.29, 0.717) is 16.5 Å². The fourth-order valence-electron chi connectivity index (χ4n) is 1.90. The first-order chi connectivity index (χ1) is 10.9. The first kappa shape index (κ1) is 17.0. The largest absolute Gasteiger partial charge is 0.495 e. The summed E-state index contributed by atoms with van der Waals surface area (Å²) in [6.07, 6.45) is 0. The minimum absolute atomic E-state index is 0.176. The molecule has 0 aliphatic carbocycles. The molecule has 0 radical (unpaired) electrons. The van der Waals surface area contributed by atoms with Gasteiger partial charge >= 0.3 is 0 Å². The molecule has 0 saturated carbocycles. The van der Waals surface area contributed by atoms with Crippen LogP contribution in [-0.2, 0) is 4.79 Å². The zero-order valence-electron chi connectivity index (χ0n) is 12.5. The second-order valence-corrected chi connectivity index (χ2v) is 5.24. The highest BCUT2D eigenvalue weighted by Gasteiger charge is 2.14. The van der Waals surface area contributed by atoms with Gasteiger partial charge in [-0.1, -0.05) is 11.6 Å². The van der Waals surface area contributed by atoms with E-state index in [4.69, 9.17) is 16.3 Å². The van der Waals surface area contributed by atoms with E-state index in [1.165, 1.54) is 13.2 Å². The lowest BCUT2D eigenvalue weighted by molar-refractivity contribution is -0.116. The van der Waals surface area contributed by atoms with Gasteiger partial charge < -0.3 is 15.4 Å². The molecule has 0 aliphatic heterocycles. The lowest BCUT2D eigenvalue weighted by atomic mass is 10.2. The summed E-state index contributed by atoms with van der Waals surface area (Å²) in [4.78, 5) is 12.1. The van der Waals surface area contributed by atoms with Crippen LogP contribution >= 0.6 is 11.6 Å². The van der Waals surface area contributed by atoms with Crippen LogP contribution < -0.4 is 15.4 Å². The van der Waals surface area contributed by atoms with E-state index < -0.39 is 23.6 Å². The van der Waals surface area contributed by atoms with Crippen LogP contribution in [0.4, 0.5) is 20.2 Å². The minimum Gasteiger partial charge on any atom is -0.495 e. The molecule has 0 saturated heterocycles. The predicted molar refractivity (Wildman–Crippen MR) is 86.1 cm³/mol. The van der Waals surface area contributed by atoms with E-state index in [-0.39, 0.29) is 5.69 Å². The minimum atomic E-state index is -1.02. The summed E-state index contributed by atoms with van der Waals surface area (Å²) in [6, 6.07) is 7.55. The fraction of sp³-hybridized carbons (Fsp3) is 0.188. The van der Waals surface area contributed by atoms with Crippen LogP contribution in [0.2, 0.25) is 5.02 Å². The Morgan fingerprint density at radius 1 is 1.13 bits per heavy atom. The Labute approximate surface area is 137 Å². The summed E-state index contributed by atoms with van der Waals surface area (Å²) in [5.41, 5.74) is 0.805. The van der Waals surface area contributed by atoms with Gasteiger partial charge in [-0.3, -0.25) is 4.79 Å². The zero-order valence-corrected chi connectivity index (χ0v) is 13.2. The summed E-state index contributed by atoms with van der Waals surface area (Å²) in [6.45, 7) is 1.63. The summed E-state index contributed by atoms with van der Waals surface area (Å²) < 4.78 is 31.0. The van der Waals surface area contributed by atoms with Crippen molar-refractivity contribution in [2.24, 2.45) is 0 Å². The summed E-state index contributed by atoms with van der Waals surface area (Å²) in [5.74, 6) is -1.87. The molecule has 0 aliphatic rings. The molecule has 0 aromatic heterocycles. The average molecular weight is 341 g/mol. The molecule has 4 nitrogen and oxygen atoms in total. The van der Waals surface area contributed by atoms with Gasteiger partial charge in [0.05, 0.1) is 12.1 Å². The Kier molecular flexibility index (Phi) is 5.39. The number of nitrogens with one attached hydrogen (secondary N) is 2. The molecule has 1 atom stereocenters. The van der Waals surface area contributed by atoms with Crippen LogP contribution in [0.25, 0.3) is 0 Å². The monoisotopic (exact) mass is 340 g/mol. The molecule has 2 rings (SSSR count). The van der Waals surface area contributed by atoms with Crippen molar-refractivity contribution in [1.82, 2.24) is 0 Å². The summed E-state index contributed by atoms with van der Waals surface area (Å²) in [5, 5.41) is 5.87. The molecule has 0 heterocycles. The molecule has 0 spiro atoms. The highest BCUT2D eigenvalue weighted by atomic mass is 35.5. The fourth-order valence-corrected chi connectivity index (χ4v) is 2.15. The lowest BCUT2D eigenvalue weighted by Gasteiger charge is -2.16. The maximum absolute atomic E-state index is 13.1. The lowest BCUT2D eigenvalue weighted by Crippen LogP contribution is -2.31. The van der Waals surface area contributed by atoms with Crippen molar-refractivity contribution in [1.29, 1.82) is 0 Å². The third kappa shape index (κ3) is 4.32. The number of halogens is 3. The standard InChI is InChI=1S/C16H15ClF2N2O2/c1-9(20-10-4-6-15(23-2)12(17)7-10)16(22)21-11-3-5-13(18)14(19)8-11/h3-9,20H,1-2H3,(H,21,22). The van der Waals surface area contributed by atoms with E-state index in [1.54, 1.807) is 25.1 Å². The summed E-state index contributed by atoms with van der Waals surface area (Å²) in [7, 11) is 1.51. The normalized spacial score (nSPS) is 11.7. The Balaban J connectivity index is 2.02. The first-order valence-electron chi connectivity index (χ1n) is 6.76. The topological polar surface area (TPSA) is 50.4 Å². The quantitative estimate of drug-likeness (QED) is 0.862. The molecule has 2 aromatic rings. The van der Waals surface area contributed by atoms with E-state index in [0.717, 1.165) is 12.1 Å². The number of ether oxygens (including phenoxy) is 1. The van der Waals surface area contributed by atoms with Crippen molar-refractivity contribution in [2.75, 3.05) is 17.7 Å². The smallest absolute Gasteiger partial charge is 0.246 e. The van der Waals surface area contributed by atoms with Gasteiger partial charge in [0.1, 0.15) is 11.8 Å². The molecule has 23 heavy (non-hydrogen) atoms. The summed E-state index contributed by atoms with van der Waals surface area (Å²) >= 11 is 6.01. The third-order valence-electron chi connectivity index (χ3n) is 3.12. The van der Waals surface area contributed by atoms with E-state index >= 15 is 0 Å². The van der Waals surface area contributed by atoms with Crippen LogP contribution in [0.15, 0.2) is 36.4 Å². The van der Waals surface area contributed by atoms with Gasteiger partial charge in [-0.25, -0.2) is 8.78 Å². The number of carbonyl (C=O) groups excluding carboxylic acids is 1. The number of amides is 1. The Hall–Kier alpha value is -2.34. The van der Waals surface area contributed by atoms with E-state index in [1.807, 2.05) is 0 Å². The van der Waals surface area contributed by atoms with Crippen molar-refractivity contribution in [3.05, 3.63) is 53.1 Å². The van der Waals surface area contributed by atoms with Gasteiger partial charge in [0, 0.05) is 17.4 Å². The van der Waals surface area contributed by atoms with Gasteiger partial charge in [-0.2, -0.15) is 0 Å². The van der Waals surface area contributed by atoms with Crippen LogP contribution in [0.5, 0.6) is 5.75 Å². The van der Waals surface area contributed by atoms with E-state index in [2.05, 4.69) is 10.6 Å². The molecular weight excluding hydrogens is 326 g/mol. The molecule has 122 valence electrons. The molecule has 2 aromatic carbocycles. The predicted octanol–water partition coefficient (Wildman–Crippen LogP) is 4.07. The molecule has 1 unspecified atom stereocenters. The maximum Gasteiger partial charge on any atom is 0.246 e. The van der Waals surface area contributed by atoms with Crippen molar-refractivity contribution in [2.45, 2.75) is 13.0 Å². The third-order valence-corrected chi connectivity index (χ3v) is 3.41. The molecule has 0 bridgehead atoms. The van der Waals surface area contributed by atoms with Crippen LogP contribution in [0.1, 0.15) is 6.92 Å². The number of benzene rings is 2. The Morgan fingerprint density at radius 2 is 1.83 bits per heavy atom. The Bertz CT molecular complexity index is 725. The SMILES string of the molecule is COc1ccc(NC(C)C(=O)Nc2ccc(F)c(F)c2)cc1Cl. The molecule has 1 amide bonds. The van der Waals surface area contributed by atoms with Crippen LogP contribution in [0, 0.1) is 11.6 Å². The molecule has 7 heteroatoms. The first-order valence-corrected chi connectivity index (χ1v) is 7.14. The van der Waals surface area contributed by atoms with Crippen molar-refractivity contribution in [3.63, 3.8) is 0 Å². The molecule has 0 fully saturated rings. The second kappa shape index (κ2) is 7.28. The number of anilines is 2. The highest BCUT2D eigenvalue weighted by molar-refractivity contribution is 6.32. The van der Waals surface area contributed by atoms with Crippen LogP contribution in [-0.4, -0.2) is 19.1 Å². The number of hydrogen-bond acceptors (Lipinski definition) is 3. The second-order valence-electron chi connectivity index (χ2n) is 4.83. The van der Waals surface area contributed by atoms with E-state index in [9.17, 15) is 13.6 Å². The number of carbonyl (C=O) groups is 1. The highest BCUT2D eigenvalue weighted by Crippen LogP contribution is 2.27. The van der Waals surface area contributed by atoms with Crippen LogP contribution in [0.3, 0.4) is 0 Å². The zero-order chi connectivity index (χ0) is 17.0. The Morgan fingerprint density at radius 3 is 2.43 bits per heavy atom. The number of hydrogen-bond donors (Lipinski definition) is 2. The van der Waals surface area contributed by atoms with Gasteiger partial charge in [-0.15, -0.1) is 0 Å². The van der Waals surface area contributed by atoms with Crippen molar-refractivity contribution in [3.8, 4) is 5.75 Å². The van der Waals surface area contributed by atoms with Crippen molar-refractivity contribution < 1.29 is 18.3 Å². The molecular formula is C16H15ClF2N2O2.